The molecule has 0 unspecified atom stereocenters. The number of pyridine rings is 1. The van der Waals surface area contributed by atoms with Gasteiger partial charge in [0, 0.05) is 26.6 Å². The lowest BCUT2D eigenvalue weighted by atomic mass is 10.0. The van der Waals surface area contributed by atoms with Crippen molar-refractivity contribution in [2.24, 2.45) is 0 Å². The molecule has 102 valence electrons. The minimum Gasteiger partial charge on any atom is -0.455 e. The molecular weight excluding hydrogens is 258 g/mol. The lowest BCUT2D eigenvalue weighted by molar-refractivity contribution is 0.670. The Bertz CT molecular complexity index is 1040. The molecule has 2 nitrogen and oxygen atoms in total. The quantitative estimate of drug-likeness (QED) is 0.502. The second kappa shape index (κ2) is 4.74. The van der Waals surface area contributed by atoms with Crippen LogP contribution in [0.1, 0.15) is 16.6 Å². The molecule has 0 aliphatic heterocycles. The van der Waals surface area contributed by atoms with Crippen molar-refractivity contribution in [2.75, 3.05) is 0 Å². The molecule has 21 heavy (non-hydrogen) atoms. The highest BCUT2D eigenvalue weighted by atomic mass is 16.3. The van der Waals surface area contributed by atoms with Crippen LogP contribution in [0, 0.1) is 0 Å². The summed E-state index contributed by atoms with van der Waals surface area (Å²) in [7, 11) is 0. The first-order valence-electron chi connectivity index (χ1n) is 8.47. The van der Waals surface area contributed by atoms with E-state index in [0.717, 1.165) is 27.5 Å². The minimum absolute atomic E-state index is 0.328. The van der Waals surface area contributed by atoms with Gasteiger partial charge in [-0.2, -0.15) is 0 Å². The van der Waals surface area contributed by atoms with Gasteiger partial charge in [-0.15, -0.1) is 0 Å². The highest BCUT2D eigenvalue weighted by molar-refractivity contribution is 6.09. The number of hydrogen-bond donors (Lipinski definition) is 0. The van der Waals surface area contributed by atoms with Gasteiger partial charge in [0.1, 0.15) is 11.2 Å². The molecule has 2 heterocycles. The number of aromatic nitrogens is 1. The average molecular weight is 276 g/mol. The van der Waals surface area contributed by atoms with E-state index in [0.29, 0.717) is 11.3 Å². The van der Waals surface area contributed by atoms with E-state index in [-0.39, 0.29) is 6.90 Å². The SMILES string of the molecule is [2H]CC([2H])([2H])c1ccnc(-c2cccc3c2oc2ccccc23)c1. The number of furan rings is 1. The monoisotopic (exact) mass is 276 g/mol. The fourth-order valence-electron chi connectivity index (χ4n) is 2.64. The van der Waals surface area contributed by atoms with Crippen LogP contribution in [-0.2, 0) is 6.37 Å². The molecule has 2 heteroatoms. The van der Waals surface area contributed by atoms with Gasteiger partial charge in [0.25, 0.3) is 0 Å². The van der Waals surface area contributed by atoms with Crippen LogP contribution in [0.25, 0.3) is 33.2 Å². The van der Waals surface area contributed by atoms with E-state index in [1.165, 1.54) is 0 Å². The number of rotatable bonds is 2. The normalized spacial score (nSPS) is 14.0. The molecule has 0 aliphatic carbocycles. The lowest BCUT2D eigenvalue weighted by Gasteiger charge is -2.03. The number of nitrogens with zero attached hydrogens (tertiary/aromatic N) is 1. The van der Waals surface area contributed by atoms with Gasteiger partial charge in [-0.25, -0.2) is 0 Å². The standard InChI is InChI=1S/C19H15NO/c1-2-13-10-11-20-17(12-13)16-8-5-7-15-14-6-3-4-9-18(14)21-19(15)16/h3-12H,2H2,1H3/i1D,2D2. The second-order valence-corrected chi connectivity index (χ2v) is 4.89. The smallest absolute Gasteiger partial charge is 0.144 e. The van der Waals surface area contributed by atoms with Crippen molar-refractivity contribution in [3.8, 4) is 11.3 Å². The van der Waals surface area contributed by atoms with Crippen LogP contribution in [0.15, 0.2) is 65.2 Å². The maximum atomic E-state index is 7.95. The van der Waals surface area contributed by atoms with Crippen molar-refractivity contribution in [2.45, 2.75) is 13.3 Å². The summed E-state index contributed by atoms with van der Waals surface area (Å²) in [5, 5.41) is 2.06. The topological polar surface area (TPSA) is 26.0 Å². The fraction of sp³-hybridized carbons (Fsp3) is 0.105. The molecule has 0 aliphatic rings. The highest BCUT2D eigenvalue weighted by Gasteiger charge is 2.12. The number of hydrogen-bond acceptors (Lipinski definition) is 2. The van der Waals surface area contributed by atoms with Crippen molar-refractivity contribution in [3.05, 3.63) is 66.4 Å². The molecule has 2 aromatic heterocycles. The van der Waals surface area contributed by atoms with Crippen LogP contribution in [0.3, 0.4) is 0 Å². The molecular formula is C19H15NO. The largest absolute Gasteiger partial charge is 0.455 e. The zero-order chi connectivity index (χ0) is 16.7. The van der Waals surface area contributed by atoms with Gasteiger partial charge >= 0.3 is 0 Å². The van der Waals surface area contributed by atoms with Crippen LogP contribution >= 0.6 is 0 Å². The van der Waals surface area contributed by atoms with Crippen LogP contribution in [0.2, 0.25) is 0 Å². The van der Waals surface area contributed by atoms with Gasteiger partial charge in [-0.3, -0.25) is 4.98 Å². The third-order valence-corrected chi connectivity index (χ3v) is 3.64. The Morgan fingerprint density at radius 1 is 1.10 bits per heavy atom. The van der Waals surface area contributed by atoms with Gasteiger partial charge < -0.3 is 4.42 Å². The summed E-state index contributed by atoms with van der Waals surface area (Å²) in [5.41, 5.74) is 3.49. The van der Waals surface area contributed by atoms with Crippen LogP contribution < -0.4 is 0 Å². The van der Waals surface area contributed by atoms with Crippen LogP contribution in [-0.4, -0.2) is 4.98 Å². The first-order valence-corrected chi connectivity index (χ1v) is 6.76. The molecule has 0 saturated carbocycles. The summed E-state index contributed by atoms with van der Waals surface area (Å²) in [6.07, 6.45) is -0.112. The van der Waals surface area contributed by atoms with E-state index in [9.17, 15) is 0 Å². The summed E-state index contributed by atoms with van der Waals surface area (Å²) in [5.74, 6) is 0. The Balaban J connectivity index is 1.96. The Labute approximate surface area is 127 Å². The Hall–Kier alpha value is -2.61. The third-order valence-electron chi connectivity index (χ3n) is 3.64. The number of aryl methyl sites for hydroxylation is 1. The maximum Gasteiger partial charge on any atom is 0.144 e. The molecule has 0 N–H and O–H groups in total. The Kier molecular flexibility index (Phi) is 2.11. The zero-order valence-corrected chi connectivity index (χ0v) is 11.3. The molecule has 2 aromatic carbocycles. The van der Waals surface area contributed by atoms with Crippen molar-refractivity contribution in [3.63, 3.8) is 0 Å². The predicted molar refractivity (Wildman–Crippen MR) is 86.3 cm³/mol. The van der Waals surface area contributed by atoms with Gasteiger partial charge in [-0.05, 0) is 36.2 Å². The van der Waals surface area contributed by atoms with E-state index < -0.39 is 6.37 Å². The maximum absolute atomic E-state index is 7.95. The van der Waals surface area contributed by atoms with Crippen molar-refractivity contribution >= 4 is 21.9 Å². The summed E-state index contributed by atoms with van der Waals surface area (Å²) >= 11 is 0. The van der Waals surface area contributed by atoms with Gasteiger partial charge in [-0.1, -0.05) is 37.2 Å². The predicted octanol–water partition coefficient (Wildman–Crippen LogP) is 5.21. The zero-order valence-electron chi connectivity index (χ0n) is 14.3. The molecule has 0 radical (unpaired) electrons. The molecule has 0 amide bonds. The summed E-state index contributed by atoms with van der Waals surface area (Å²) < 4.78 is 29.3. The van der Waals surface area contributed by atoms with Gasteiger partial charge in [0.05, 0.1) is 5.69 Å². The first kappa shape index (κ1) is 9.35. The third kappa shape index (κ3) is 1.91. The van der Waals surface area contributed by atoms with Gasteiger partial charge in [0.2, 0.25) is 0 Å². The van der Waals surface area contributed by atoms with Crippen LogP contribution in [0.4, 0.5) is 0 Å². The lowest BCUT2D eigenvalue weighted by Crippen LogP contribution is -1.87. The number of benzene rings is 2. The minimum atomic E-state index is -1.69. The first-order chi connectivity index (χ1) is 11.6. The van der Waals surface area contributed by atoms with Crippen molar-refractivity contribution < 1.29 is 8.53 Å². The van der Waals surface area contributed by atoms with E-state index in [4.69, 9.17) is 8.53 Å². The fourth-order valence-corrected chi connectivity index (χ4v) is 2.64. The summed E-state index contributed by atoms with van der Waals surface area (Å²) in [6.45, 7) is -0.328. The molecule has 4 aromatic rings. The molecule has 0 saturated heterocycles. The van der Waals surface area contributed by atoms with E-state index in [2.05, 4.69) is 4.98 Å². The van der Waals surface area contributed by atoms with E-state index >= 15 is 0 Å². The Morgan fingerprint density at radius 2 is 2.00 bits per heavy atom. The molecule has 0 atom stereocenters. The van der Waals surface area contributed by atoms with Gasteiger partial charge in [0.15, 0.2) is 0 Å². The highest BCUT2D eigenvalue weighted by Crippen LogP contribution is 2.34. The van der Waals surface area contributed by atoms with E-state index in [1.807, 2.05) is 42.5 Å². The summed E-state index contributed by atoms with van der Waals surface area (Å²) in [4.78, 5) is 4.39. The van der Waals surface area contributed by atoms with Crippen LogP contribution in [0.5, 0.6) is 0 Å². The van der Waals surface area contributed by atoms with E-state index in [1.54, 1.807) is 18.3 Å². The Morgan fingerprint density at radius 3 is 2.95 bits per heavy atom. The average Bonchev–Trinajstić information content (AvgIpc) is 3.00. The second-order valence-electron chi connectivity index (χ2n) is 4.89. The molecule has 0 spiro atoms. The number of fused-ring (bicyclic) bond motifs is 3. The van der Waals surface area contributed by atoms with Crippen molar-refractivity contribution in [1.29, 1.82) is 0 Å². The summed E-state index contributed by atoms with van der Waals surface area (Å²) in [6, 6.07) is 17.1. The number of para-hydroxylation sites is 2. The molecule has 0 fully saturated rings. The molecule has 4 rings (SSSR count). The molecule has 0 bridgehead atoms. The van der Waals surface area contributed by atoms with Crippen molar-refractivity contribution in [1.82, 2.24) is 4.98 Å².